The molecule has 1 aromatic carbocycles. The lowest BCUT2D eigenvalue weighted by atomic mass is 10.1. The second kappa shape index (κ2) is 8.90. The number of hydrogen-bond acceptors (Lipinski definition) is 4. The first-order chi connectivity index (χ1) is 14.1. The minimum Gasteiger partial charge on any atom is -0.465 e. The van der Waals surface area contributed by atoms with E-state index in [2.05, 4.69) is 32.4 Å². The Bertz CT molecular complexity index is 1020. The number of hydrogen-bond donors (Lipinski definition) is 2. The van der Waals surface area contributed by atoms with Crippen LogP contribution in [0.5, 0.6) is 0 Å². The molecule has 0 radical (unpaired) electrons. The number of fused-ring (bicyclic) bond motifs is 1. The summed E-state index contributed by atoms with van der Waals surface area (Å²) in [6.07, 6.45) is 9.33. The molecule has 1 aliphatic carbocycles. The highest BCUT2D eigenvalue weighted by Gasteiger charge is 2.30. The van der Waals surface area contributed by atoms with Crippen molar-refractivity contribution in [3.8, 4) is 11.3 Å². The summed E-state index contributed by atoms with van der Waals surface area (Å²) in [6.45, 7) is 1.38. The van der Waals surface area contributed by atoms with Crippen LogP contribution in [0.4, 0.5) is 4.79 Å². The van der Waals surface area contributed by atoms with Crippen LogP contribution in [0.3, 0.4) is 0 Å². The van der Waals surface area contributed by atoms with E-state index in [1.54, 1.807) is 0 Å². The van der Waals surface area contributed by atoms with Gasteiger partial charge in [-0.2, -0.15) is 5.10 Å². The number of benzene rings is 1. The predicted molar refractivity (Wildman–Crippen MR) is 115 cm³/mol. The lowest BCUT2D eigenvalue weighted by Crippen LogP contribution is -2.21. The van der Waals surface area contributed by atoms with E-state index in [0.29, 0.717) is 12.5 Å². The first kappa shape index (κ1) is 19.8. The molecule has 0 saturated heterocycles. The maximum Gasteiger partial charge on any atom is 0.404 e. The smallest absolute Gasteiger partial charge is 0.404 e. The summed E-state index contributed by atoms with van der Waals surface area (Å²) in [5.74, 6) is 0.536. The normalized spacial score (nSPS) is 13.7. The first-order valence-electron chi connectivity index (χ1n) is 10.1. The van der Waals surface area contributed by atoms with E-state index >= 15 is 0 Å². The zero-order valence-electron chi connectivity index (χ0n) is 16.1. The second-order valence-corrected chi connectivity index (χ2v) is 8.42. The van der Waals surface area contributed by atoms with Crippen molar-refractivity contribution in [3.63, 3.8) is 0 Å². The molecule has 0 bridgehead atoms. The number of aromatic nitrogens is 4. The molecule has 3 aromatic rings. The first-order valence-corrected chi connectivity index (χ1v) is 10.9. The maximum absolute atomic E-state index is 10.4. The molecule has 0 spiro atoms. The Morgan fingerprint density at radius 3 is 2.83 bits per heavy atom. The number of halogens is 1. The molecular weight excluding hydrogens is 434 g/mol. The van der Waals surface area contributed by atoms with Crippen LogP contribution in [0, 0.1) is 0 Å². The number of amides is 1. The molecule has 1 aliphatic rings. The van der Waals surface area contributed by atoms with E-state index in [-0.39, 0.29) is 0 Å². The number of nitrogens with one attached hydrogen (secondary N) is 1. The molecule has 2 N–H and O–H groups in total. The molecule has 0 aliphatic heterocycles. The molecule has 1 fully saturated rings. The monoisotopic (exact) mass is 457 g/mol. The number of unbranched alkanes of at least 4 members (excludes halogenated alkanes) is 3. The van der Waals surface area contributed by atoms with E-state index in [1.807, 2.05) is 29.1 Å². The van der Waals surface area contributed by atoms with Gasteiger partial charge in [0, 0.05) is 35.2 Å². The number of aryl methyl sites for hydroxylation is 1. The van der Waals surface area contributed by atoms with Crippen molar-refractivity contribution >= 4 is 33.1 Å². The van der Waals surface area contributed by atoms with Gasteiger partial charge in [-0.15, -0.1) is 0 Å². The Morgan fingerprint density at radius 2 is 2.03 bits per heavy atom. The van der Waals surface area contributed by atoms with Crippen LogP contribution in [-0.4, -0.2) is 37.5 Å². The van der Waals surface area contributed by atoms with E-state index < -0.39 is 6.09 Å². The minimum atomic E-state index is -0.953. The molecule has 0 unspecified atom stereocenters. The quantitative estimate of drug-likeness (QED) is 0.442. The van der Waals surface area contributed by atoms with Crippen molar-refractivity contribution in [3.05, 3.63) is 40.8 Å². The van der Waals surface area contributed by atoms with Gasteiger partial charge in [0.15, 0.2) is 0 Å². The Balaban J connectivity index is 1.43. The summed E-state index contributed by atoms with van der Waals surface area (Å²) >= 11 is 3.51. The molecule has 2 heterocycles. The summed E-state index contributed by atoms with van der Waals surface area (Å²) in [7, 11) is 0. The van der Waals surface area contributed by atoms with Gasteiger partial charge in [-0.3, -0.25) is 9.67 Å². The van der Waals surface area contributed by atoms with Crippen LogP contribution in [0.1, 0.15) is 50.1 Å². The molecule has 152 valence electrons. The van der Waals surface area contributed by atoms with Crippen molar-refractivity contribution in [2.75, 3.05) is 6.54 Å². The highest BCUT2D eigenvalue weighted by Crippen LogP contribution is 2.43. The van der Waals surface area contributed by atoms with Crippen molar-refractivity contribution in [1.29, 1.82) is 0 Å². The fourth-order valence-electron chi connectivity index (χ4n) is 3.47. The highest BCUT2D eigenvalue weighted by molar-refractivity contribution is 9.10. The van der Waals surface area contributed by atoms with Gasteiger partial charge in [0.05, 0.1) is 28.6 Å². The zero-order chi connectivity index (χ0) is 20.2. The summed E-state index contributed by atoms with van der Waals surface area (Å²) in [4.78, 5) is 19.8. The predicted octanol–water partition coefficient (Wildman–Crippen LogP) is 4.96. The standard InChI is InChI=1S/C21H24BrN5O2/c22-15-7-8-17-18(11-15)25-19(12-24-17)16-13-27(26-20(16)14-5-6-14)10-4-2-1-3-9-23-21(28)29/h7-8,11-14,23H,1-6,9-10H2,(H,28,29). The molecule has 8 heteroatoms. The summed E-state index contributed by atoms with van der Waals surface area (Å²) < 4.78 is 3.03. The van der Waals surface area contributed by atoms with E-state index in [4.69, 9.17) is 15.2 Å². The average molecular weight is 458 g/mol. The Morgan fingerprint density at radius 1 is 1.21 bits per heavy atom. The second-order valence-electron chi connectivity index (χ2n) is 7.50. The number of carboxylic acid groups (broad SMARTS) is 1. The van der Waals surface area contributed by atoms with Gasteiger partial charge in [-0.25, -0.2) is 9.78 Å². The van der Waals surface area contributed by atoms with Gasteiger partial charge in [-0.1, -0.05) is 28.8 Å². The molecule has 29 heavy (non-hydrogen) atoms. The third kappa shape index (κ3) is 5.12. The topological polar surface area (TPSA) is 92.9 Å². The van der Waals surface area contributed by atoms with Crippen molar-refractivity contribution in [1.82, 2.24) is 25.1 Å². The van der Waals surface area contributed by atoms with Crippen LogP contribution < -0.4 is 5.32 Å². The van der Waals surface area contributed by atoms with Crippen LogP contribution in [-0.2, 0) is 6.54 Å². The SMILES string of the molecule is O=C(O)NCCCCCCn1cc(-c2cnc3ccc(Br)cc3n2)c(C2CC2)n1. The van der Waals surface area contributed by atoms with Crippen LogP contribution in [0.25, 0.3) is 22.3 Å². The molecule has 7 nitrogen and oxygen atoms in total. The fraction of sp³-hybridized carbons (Fsp3) is 0.429. The van der Waals surface area contributed by atoms with Crippen LogP contribution in [0.15, 0.2) is 35.1 Å². The van der Waals surface area contributed by atoms with Gasteiger partial charge in [0.2, 0.25) is 0 Å². The van der Waals surface area contributed by atoms with Crippen molar-refractivity contribution in [2.45, 2.75) is 51.0 Å². The average Bonchev–Trinajstić information content (AvgIpc) is 3.46. The van der Waals surface area contributed by atoms with Gasteiger partial charge < -0.3 is 10.4 Å². The van der Waals surface area contributed by atoms with Crippen LogP contribution in [0.2, 0.25) is 0 Å². The van der Waals surface area contributed by atoms with E-state index in [0.717, 1.165) is 64.7 Å². The molecule has 4 rings (SSSR count). The fourth-order valence-corrected chi connectivity index (χ4v) is 3.82. The maximum atomic E-state index is 10.4. The Labute approximate surface area is 177 Å². The molecule has 1 saturated carbocycles. The summed E-state index contributed by atoms with van der Waals surface area (Å²) in [5.41, 5.74) is 4.87. The number of nitrogens with zero attached hydrogens (tertiary/aromatic N) is 4. The molecule has 1 amide bonds. The van der Waals surface area contributed by atoms with Crippen LogP contribution >= 0.6 is 15.9 Å². The third-order valence-corrected chi connectivity index (χ3v) is 5.62. The van der Waals surface area contributed by atoms with Gasteiger partial charge >= 0.3 is 6.09 Å². The Hall–Kier alpha value is -2.48. The number of carbonyl (C=O) groups is 1. The number of rotatable bonds is 9. The molecule has 0 atom stereocenters. The molecular formula is C21H24BrN5O2. The van der Waals surface area contributed by atoms with E-state index in [9.17, 15) is 4.79 Å². The lowest BCUT2D eigenvalue weighted by molar-refractivity contribution is 0.194. The van der Waals surface area contributed by atoms with E-state index in [1.165, 1.54) is 12.8 Å². The largest absolute Gasteiger partial charge is 0.465 e. The van der Waals surface area contributed by atoms with Crippen molar-refractivity contribution < 1.29 is 9.90 Å². The van der Waals surface area contributed by atoms with Gasteiger partial charge in [-0.05, 0) is 43.9 Å². The van der Waals surface area contributed by atoms with Crippen molar-refractivity contribution in [2.24, 2.45) is 0 Å². The highest BCUT2D eigenvalue weighted by atomic mass is 79.9. The minimum absolute atomic E-state index is 0.518. The molecule has 2 aromatic heterocycles. The lowest BCUT2D eigenvalue weighted by Gasteiger charge is -2.03. The summed E-state index contributed by atoms with van der Waals surface area (Å²) in [5, 5.41) is 15.8. The summed E-state index contributed by atoms with van der Waals surface area (Å²) in [6, 6.07) is 5.93. The van der Waals surface area contributed by atoms with Gasteiger partial charge in [0.1, 0.15) is 0 Å². The van der Waals surface area contributed by atoms with Gasteiger partial charge in [0.25, 0.3) is 0 Å². The zero-order valence-corrected chi connectivity index (χ0v) is 17.7. The third-order valence-electron chi connectivity index (χ3n) is 5.12. The Kier molecular flexibility index (Phi) is 6.08.